The number of carbonyl (C=O) groups is 1. The van der Waals surface area contributed by atoms with E-state index >= 15 is 0 Å². The zero-order valence-corrected chi connectivity index (χ0v) is 17.5. The third kappa shape index (κ3) is 7.72. The Bertz CT molecular complexity index is 843. The van der Waals surface area contributed by atoms with Crippen LogP contribution in [0.25, 0.3) is 0 Å². The molecule has 0 fully saturated rings. The molecule has 5 nitrogen and oxygen atoms in total. The van der Waals surface area contributed by atoms with Crippen LogP contribution in [0.2, 0.25) is 0 Å². The van der Waals surface area contributed by atoms with Crippen molar-refractivity contribution in [2.45, 2.75) is 56.6 Å². The average molecular weight is 404 g/mol. The molecule has 1 atom stereocenters. The predicted octanol–water partition coefficient (Wildman–Crippen LogP) is 4.38. The van der Waals surface area contributed by atoms with Gasteiger partial charge in [-0.1, -0.05) is 48.5 Å². The van der Waals surface area contributed by atoms with E-state index in [-0.39, 0.29) is 11.8 Å². The van der Waals surface area contributed by atoms with Gasteiger partial charge in [-0.25, -0.2) is 13.2 Å². The molecule has 1 amide bonds. The van der Waals surface area contributed by atoms with E-state index in [4.69, 9.17) is 4.74 Å². The van der Waals surface area contributed by atoms with Crippen molar-refractivity contribution < 1.29 is 17.9 Å². The molecular formula is C22H29NO4S. The van der Waals surface area contributed by atoms with Crippen LogP contribution in [0.1, 0.15) is 39.2 Å². The highest BCUT2D eigenvalue weighted by atomic mass is 32.2. The first-order valence-corrected chi connectivity index (χ1v) is 11.1. The Kier molecular flexibility index (Phi) is 7.63. The van der Waals surface area contributed by atoms with Crippen molar-refractivity contribution >= 4 is 15.9 Å². The van der Waals surface area contributed by atoms with Crippen molar-refractivity contribution in [2.75, 3.05) is 5.75 Å². The molecule has 0 radical (unpaired) electrons. The molecule has 1 unspecified atom stereocenters. The third-order valence-corrected chi connectivity index (χ3v) is 5.95. The van der Waals surface area contributed by atoms with Crippen molar-refractivity contribution in [3.63, 3.8) is 0 Å². The summed E-state index contributed by atoms with van der Waals surface area (Å²) in [6.07, 6.45) is 1.17. The van der Waals surface area contributed by atoms with Crippen LogP contribution in [0.4, 0.5) is 4.79 Å². The molecule has 0 aliphatic rings. The molecule has 0 saturated heterocycles. The molecule has 6 heteroatoms. The largest absolute Gasteiger partial charge is 0.444 e. The highest BCUT2D eigenvalue weighted by molar-refractivity contribution is 7.91. The topological polar surface area (TPSA) is 72.5 Å². The Morgan fingerprint density at radius 3 is 2.11 bits per heavy atom. The lowest BCUT2D eigenvalue weighted by atomic mass is 10.0. The minimum atomic E-state index is -3.40. The Morgan fingerprint density at radius 1 is 0.964 bits per heavy atom. The zero-order valence-electron chi connectivity index (χ0n) is 16.7. The molecule has 0 aliphatic carbocycles. The molecular weight excluding hydrogens is 374 g/mol. The van der Waals surface area contributed by atoms with Crippen LogP contribution in [0.15, 0.2) is 65.6 Å². The quantitative estimate of drug-likeness (QED) is 0.710. The van der Waals surface area contributed by atoms with Crippen LogP contribution >= 0.6 is 0 Å². The van der Waals surface area contributed by atoms with Gasteiger partial charge in [0.05, 0.1) is 10.6 Å². The maximum absolute atomic E-state index is 12.6. The van der Waals surface area contributed by atoms with Gasteiger partial charge in [-0.2, -0.15) is 0 Å². The van der Waals surface area contributed by atoms with Crippen LogP contribution in [0.5, 0.6) is 0 Å². The Labute approximate surface area is 168 Å². The summed E-state index contributed by atoms with van der Waals surface area (Å²) in [6.45, 7) is 5.39. The first kappa shape index (κ1) is 22.0. The summed E-state index contributed by atoms with van der Waals surface area (Å²) in [5, 5.41) is 2.84. The Balaban J connectivity index is 2.03. The summed E-state index contributed by atoms with van der Waals surface area (Å²) in [5.41, 5.74) is 0.536. The SMILES string of the molecule is CC(C)(C)OC(=O)NC(CCc1ccccc1)CCS(=O)(=O)c1ccccc1. The van der Waals surface area contributed by atoms with Gasteiger partial charge < -0.3 is 10.1 Å². The number of alkyl carbamates (subject to hydrolysis) is 1. The first-order chi connectivity index (χ1) is 13.2. The lowest BCUT2D eigenvalue weighted by Gasteiger charge is -2.24. The second-order valence-corrected chi connectivity index (χ2v) is 9.90. The molecule has 0 bridgehead atoms. The van der Waals surface area contributed by atoms with Gasteiger partial charge in [0.15, 0.2) is 9.84 Å². The summed E-state index contributed by atoms with van der Waals surface area (Å²) in [7, 11) is -3.40. The highest BCUT2D eigenvalue weighted by Gasteiger charge is 2.22. The van der Waals surface area contributed by atoms with Gasteiger partial charge in [-0.3, -0.25) is 0 Å². The number of hydrogen-bond donors (Lipinski definition) is 1. The number of carbonyl (C=O) groups excluding carboxylic acids is 1. The van der Waals surface area contributed by atoms with Gasteiger partial charge in [0.25, 0.3) is 0 Å². The smallest absolute Gasteiger partial charge is 0.407 e. The minimum absolute atomic E-state index is 0.0354. The fraction of sp³-hybridized carbons (Fsp3) is 0.409. The molecule has 0 aliphatic heterocycles. The van der Waals surface area contributed by atoms with Crippen molar-refractivity contribution in [2.24, 2.45) is 0 Å². The van der Waals surface area contributed by atoms with Crippen molar-refractivity contribution in [1.29, 1.82) is 0 Å². The van der Waals surface area contributed by atoms with Gasteiger partial charge in [0, 0.05) is 6.04 Å². The zero-order chi connectivity index (χ0) is 20.6. The number of aryl methyl sites for hydroxylation is 1. The number of amides is 1. The number of ether oxygens (including phenoxy) is 1. The molecule has 0 spiro atoms. The summed E-state index contributed by atoms with van der Waals surface area (Å²) >= 11 is 0. The van der Waals surface area contributed by atoms with E-state index in [1.807, 2.05) is 30.3 Å². The molecule has 1 N–H and O–H groups in total. The highest BCUT2D eigenvalue weighted by Crippen LogP contribution is 2.15. The van der Waals surface area contributed by atoms with Crippen LogP contribution in [-0.2, 0) is 21.0 Å². The monoisotopic (exact) mass is 403 g/mol. The van der Waals surface area contributed by atoms with Gasteiger partial charge in [-0.15, -0.1) is 0 Å². The van der Waals surface area contributed by atoms with E-state index in [9.17, 15) is 13.2 Å². The van der Waals surface area contributed by atoms with Gasteiger partial charge in [-0.05, 0) is 57.7 Å². The van der Waals surface area contributed by atoms with E-state index in [1.54, 1.807) is 51.1 Å². The second-order valence-electron chi connectivity index (χ2n) is 7.79. The molecule has 28 heavy (non-hydrogen) atoms. The number of hydrogen-bond acceptors (Lipinski definition) is 4. The van der Waals surface area contributed by atoms with Crippen molar-refractivity contribution in [3.8, 4) is 0 Å². The maximum atomic E-state index is 12.6. The number of benzene rings is 2. The Morgan fingerprint density at radius 2 is 1.54 bits per heavy atom. The van der Waals surface area contributed by atoms with E-state index in [1.165, 1.54) is 0 Å². The van der Waals surface area contributed by atoms with Gasteiger partial charge in [0.2, 0.25) is 0 Å². The second kappa shape index (κ2) is 9.73. The van der Waals surface area contributed by atoms with Crippen molar-refractivity contribution in [3.05, 3.63) is 66.2 Å². The summed E-state index contributed by atoms with van der Waals surface area (Å²) in [6, 6.07) is 18.0. The Hall–Kier alpha value is -2.34. The fourth-order valence-electron chi connectivity index (χ4n) is 2.79. The van der Waals surface area contributed by atoms with Crippen LogP contribution < -0.4 is 5.32 Å². The molecule has 0 heterocycles. The van der Waals surface area contributed by atoms with Crippen molar-refractivity contribution in [1.82, 2.24) is 5.32 Å². The first-order valence-electron chi connectivity index (χ1n) is 9.47. The fourth-order valence-corrected chi connectivity index (χ4v) is 4.19. The summed E-state index contributed by atoms with van der Waals surface area (Å²) < 4.78 is 30.5. The lowest BCUT2D eigenvalue weighted by molar-refractivity contribution is 0.0500. The molecule has 2 rings (SSSR count). The predicted molar refractivity (Wildman–Crippen MR) is 111 cm³/mol. The molecule has 0 saturated carbocycles. The van der Waals surface area contributed by atoms with E-state index < -0.39 is 21.5 Å². The molecule has 2 aromatic rings. The summed E-state index contributed by atoms with van der Waals surface area (Å²) in [5.74, 6) is -0.0354. The average Bonchev–Trinajstić information content (AvgIpc) is 2.64. The van der Waals surface area contributed by atoms with Gasteiger partial charge >= 0.3 is 6.09 Å². The van der Waals surface area contributed by atoms with Gasteiger partial charge in [0.1, 0.15) is 5.60 Å². The third-order valence-electron chi connectivity index (χ3n) is 4.18. The number of nitrogens with one attached hydrogen (secondary N) is 1. The van der Waals surface area contributed by atoms with E-state index in [0.29, 0.717) is 17.7 Å². The standard InChI is InChI=1S/C22H29NO4S/c1-22(2,3)27-21(24)23-19(15-14-18-10-6-4-7-11-18)16-17-28(25,26)20-12-8-5-9-13-20/h4-13,19H,14-17H2,1-3H3,(H,23,24). The normalized spacial score (nSPS) is 13.0. The van der Waals surface area contributed by atoms with E-state index in [0.717, 1.165) is 12.0 Å². The maximum Gasteiger partial charge on any atom is 0.407 e. The molecule has 2 aromatic carbocycles. The van der Waals surface area contributed by atoms with Crippen LogP contribution in [-0.4, -0.2) is 31.9 Å². The van der Waals surface area contributed by atoms with Crippen LogP contribution in [0, 0.1) is 0 Å². The van der Waals surface area contributed by atoms with Crippen LogP contribution in [0.3, 0.4) is 0 Å². The molecule has 152 valence electrons. The number of sulfone groups is 1. The number of rotatable bonds is 8. The lowest BCUT2D eigenvalue weighted by Crippen LogP contribution is -2.40. The molecule has 0 aromatic heterocycles. The summed E-state index contributed by atoms with van der Waals surface area (Å²) in [4.78, 5) is 12.5. The van der Waals surface area contributed by atoms with E-state index in [2.05, 4.69) is 5.32 Å². The minimum Gasteiger partial charge on any atom is -0.444 e.